The molecule has 2 amide bonds. The smallest absolute Gasteiger partial charge is 0.322 e. The van der Waals surface area contributed by atoms with Crippen LogP contribution < -0.4 is 5.32 Å². The average molecular weight is 500 g/mol. The predicted molar refractivity (Wildman–Crippen MR) is 151 cm³/mol. The van der Waals surface area contributed by atoms with Crippen molar-refractivity contribution in [3.05, 3.63) is 95.3 Å². The van der Waals surface area contributed by atoms with Gasteiger partial charge in [-0.25, -0.2) is 4.79 Å². The van der Waals surface area contributed by atoms with E-state index in [0.29, 0.717) is 18.8 Å². The van der Waals surface area contributed by atoms with Crippen LogP contribution in [0.3, 0.4) is 0 Å². The van der Waals surface area contributed by atoms with Gasteiger partial charge in [0.2, 0.25) is 0 Å². The Morgan fingerprint density at radius 3 is 2.32 bits per heavy atom. The molecule has 0 aliphatic heterocycles. The number of anilines is 1. The van der Waals surface area contributed by atoms with Crippen molar-refractivity contribution in [1.29, 1.82) is 0 Å². The number of para-hydroxylation sites is 1. The number of aromatic nitrogens is 1. The molecule has 1 aliphatic carbocycles. The minimum atomic E-state index is -1.09. The first-order valence-electron chi connectivity index (χ1n) is 13.6. The van der Waals surface area contributed by atoms with Gasteiger partial charge in [-0.05, 0) is 55.9 Å². The van der Waals surface area contributed by atoms with Crippen molar-refractivity contribution in [1.82, 2.24) is 9.88 Å². The van der Waals surface area contributed by atoms with E-state index in [2.05, 4.69) is 43.4 Å². The van der Waals surface area contributed by atoms with Crippen LogP contribution in [0.4, 0.5) is 10.5 Å². The van der Waals surface area contributed by atoms with Crippen molar-refractivity contribution in [2.24, 2.45) is 0 Å². The molecule has 0 spiro atoms. The molecule has 5 heteroatoms. The van der Waals surface area contributed by atoms with E-state index >= 15 is 0 Å². The van der Waals surface area contributed by atoms with Crippen molar-refractivity contribution in [3.8, 4) is 0 Å². The highest BCUT2D eigenvalue weighted by atomic mass is 16.3. The molecule has 1 heterocycles. The Balaban J connectivity index is 1.73. The molecule has 2 N–H and O–H groups in total. The topological polar surface area (TPSA) is 65.5 Å². The van der Waals surface area contributed by atoms with E-state index in [-0.39, 0.29) is 17.4 Å². The van der Waals surface area contributed by atoms with E-state index in [0.717, 1.165) is 48.1 Å². The lowest BCUT2D eigenvalue weighted by atomic mass is 9.71. The van der Waals surface area contributed by atoms with Gasteiger partial charge >= 0.3 is 6.03 Å². The fraction of sp³-hybridized carbons (Fsp3) is 0.438. The molecule has 1 aliphatic rings. The van der Waals surface area contributed by atoms with E-state index in [1.807, 2.05) is 53.6 Å². The van der Waals surface area contributed by atoms with E-state index < -0.39 is 5.60 Å². The minimum Gasteiger partial charge on any atom is -0.386 e. The highest BCUT2D eigenvalue weighted by Gasteiger charge is 2.38. The van der Waals surface area contributed by atoms with Crippen LogP contribution >= 0.6 is 0 Å². The van der Waals surface area contributed by atoms with Gasteiger partial charge in [0, 0.05) is 36.0 Å². The summed E-state index contributed by atoms with van der Waals surface area (Å²) in [4.78, 5) is 20.8. The summed E-state index contributed by atoms with van der Waals surface area (Å²) in [5.41, 5.74) is 3.35. The maximum absolute atomic E-state index is 14.1. The zero-order valence-corrected chi connectivity index (χ0v) is 22.7. The van der Waals surface area contributed by atoms with Crippen molar-refractivity contribution in [3.63, 3.8) is 0 Å². The molecule has 3 aromatic rings. The standard InChI is InChI=1S/C32H41N3O2/c1-24(2)26-16-13-17-27(31(3,4)37)29(26)34-30(36)35(22-25-14-7-5-8-15-25)23-32(19-10-6-11-20-32)28-18-9-12-21-33-28/h5,7-9,12-18,21,24,37H,6,10-11,19-20,22-23H2,1-4H3,(H,34,36). The molecule has 0 saturated heterocycles. The second kappa shape index (κ2) is 11.5. The first-order chi connectivity index (χ1) is 17.7. The molecule has 0 unspecified atom stereocenters. The molecule has 196 valence electrons. The molecular formula is C32H41N3O2. The highest BCUT2D eigenvalue weighted by molar-refractivity contribution is 5.91. The van der Waals surface area contributed by atoms with Crippen LogP contribution in [-0.2, 0) is 17.6 Å². The van der Waals surface area contributed by atoms with Gasteiger partial charge in [-0.3, -0.25) is 4.98 Å². The van der Waals surface area contributed by atoms with Gasteiger partial charge in [-0.15, -0.1) is 0 Å². The molecule has 1 saturated carbocycles. The molecule has 0 atom stereocenters. The third kappa shape index (κ3) is 6.40. The summed E-state index contributed by atoms with van der Waals surface area (Å²) >= 11 is 0. The highest BCUT2D eigenvalue weighted by Crippen LogP contribution is 2.40. The van der Waals surface area contributed by atoms with E-state index in [4.69, 9.17) is 4.98 Å². The molecule has 1 fully saturated rings. The van der Waals surface area contributed by atoms with Crippen LogP contribution in [0, 0.1) is 0 Å². The zero-order chi connectivity index (χ0) is 26.5. The first-order valence-corrected chi connectivity index (χ1v) is 13.6. The SMILES string of the molecule is CC(C)c1cccc(C(C)(C)O)c1NC(=O)N(Cc1ccccc1)CC1(c2ccccn2)CCCCC1. The summed E-state index contributed by atoms with van der Waals surface area (Å²) in [5, 5.41) is 14.2. The van der Waals surface area contributed by atoms with Gasteiger partial charge in [0.1, 0.15) is 0 Å². The number of carbonyl (C=O) groups is 1. The number of carbonyl (C=O) groups excluding carboxylic acids is 1. The number of pyridine rings is 1. The van der Waals surface area contributed by atoms with Crippen LogP contribution in [0.2, 0.25) is 0 Å². The summed E-state index contributed by atoms with van der Waals surface area (Å²) in [7, 11) is 0. The maximum Gasteiger partial charge on any atom is 0.322 e. The normalized spacial score (nSPS) is 15.4. The Bertz CT molecular complexity index is 1160. The Morgan fingerprint density at radius 1 is 1.00 bits per heavy atom. The predicted octanol–water partition coefficient (Wildman–Crippen LogP) is 7.37. The average Bonchev–Trinajstić information content (AvgIpc) is 2.89. The largest absolute Gasteiger partial charge is 0.386 e. The molecular weight excluding hydrogens is 458 g/mol. The Kier molecular flexibility index (Phi) is 8.33. The zero-order valence-electron chi connectivity index (χ0n) is 22.7. The lowest BCUT2D eigenvalue weighted by molar-refractivity contribution is 0.0792. The third-order valence-corrected chi connectivity index (χ3v) is 7.63. The fourth-order valence-corrected chi connectivity index (χ4v) is 5.66. The second-order valence-electron chi connectivity index (χ2n) is 11.3. The Labute approximate surface area is 221 Å². The van der Waals surface area contributed by atoms with Crippen molar-refractivity contribution < 1.29 is 9.90 Å². The minimum absolute atomic E-state index is 0.150. The van der Waals surface area contributed by atoms with Crippen molar-refractivity contribution >= 4 is 11.7 Å². The van der Waals surface area contributed by atoms with E-state index in [1.54, 1.807) is 13.8 Å². The van der Waals surface area contributed by atoms with Crippen LogP contribution in [0.1, 0.15) is 88.1 Å². The quantitative estimate of drug-likeness (QED) is 0.340. The van der Waals surface area contributed by atoms with Crippen LogP contribution in [-0.4, -0.2) is 27.6 Å². The summed E-state index contributed by atoms with van der Waals surface area (Å²) in [6.07, 6.45) is 7.38. The van der Waals surface area contributed by atoms with Gasteiger partial charge in [-0.2, -0.15) is 0 Å². The van der Waals surface area contributed by atoms with Crippen molar-refractivity contribution in [2.75, 3.05) is 11.9 Å². The molecule has 5 nitrogen and oxygen atoms in total. The molecule has 4 rings (SSSR count). The van der Waals surface area contributed by atoms with Gasteiger partial charge in [0.05, 0.1) is 11.3 Å². The number of benzene rings is 2. The van der Waals surface area contributed by atoms with Crippen LogP contribution in [0.25, 0.3) is 0 Å². The van der Waals surface area contributed by atoms with Crippen LogP contribution in [0.15, 0.2) is 72.9 Å². The number of urea groups is 1. The molecule has 0 radical (unpaired) electrons. The Hall–Kier alpha value is -3.18. The van der Waals surface area contributed by atoms with Gasteiger partial charge in [0.15, 0.2) is 0 Å². The second-order valence-corrected chi connectivity index (χ2v) is 11.3. The molecule has 37 heavy (non-hydrogen) atoms. The summed E-state index contributed by atoms with van der Waals surface area (Å²) in [5.74, 6) is 0.193. The number of nitrogens with one attached hydrogen (secondary N) is 1. The lowest BCUT2D eigenvalue weighted by Crippen LogP contribution is -2.46. The number of amides is 2. The summed E-state index contributed by atoms with van der Waals surface area (Å²) < 4.78 is 0. The number of aliphatic hydroxyl groups is 1. The van der Waals surface area contributed by atoms with Gasteiger partial charge < -0.3 is 15.3 Å². The van der Waals surface area contributed by atoms with Gasteiger partial charge in [-0.1, -0.05) is 87.7 Å². The van der Waals surface area contributed by atoms with E-state index in [1.165, 1.54) is 6.42 Å². The van der Waals surface area contributed by atoms with E-state index in [9.17, 15) is 9.90 Å². The van der Waals surface area contributed by atoms with Crippen LogP contribution in [0.5, 0.6) is 0 Å². The summed E-state index contributed by atoms with van der Waals surface area (Å²) in [6.45, 7) is 8.84. The third-order valence-electron chi connectivity index (χ3n) is 7.63. The number of hydrogen-bond donors (Lipinski definition) is 2. The van der Waals surface area contributed by atoms with Crippen molar-refractivity contribution in [2.45, 2.75) is 83.3 Å². The fourth-order valence-electron chi connectivity index (χ4n) is 5.66. The lowest BCUT2D eigenvalue weighted by Gasteiger charge is -2.41. The number of nitrogens with zero attached hydrogens (tertiary/aromatic N) is 2. The number of hydrogen-bond acceptors (Lipinski definition) is 3. The number of rotatable bonds is 8. The summed E-state index contributed by atoms with van der Waals surface area (Å²) in [6, 6.07) is 22.0. The maximum atomic E-state index is 14.1. The Morgan fingerprint density at radius 2 is 1.70 bits per heavy atom. The molecule has 1 aromatic heterocycles. The molecule has 2 aromatic carbocycles. The molecule has 0 bridgehead atoms. The monoisotopic (exact) mass is 499 g/mol. The first kappa shape index (κ1) is 26.9. The van der Waals surface area contributed by atoms with Gasteiger partial charge in [0.25, 0.3) is 0 Å².